The average molecular weight is 266 g/mol. The molecular formula is C15H26N2S. The van der Waals surface area contributed by atoms with Crippen molar-refractivity contribution in [1.82, 2.24) is 5.32 Å². The lowest BCUT2D eigenvalue weighted by molar-refractivity contribution is 0.279. The van der Waals surface area contributed by atoms with E-state index in [1.165, 1.54) is 36.6 Å². The molecule has 6 atom stereocenters. The molecule has 1 N–H and O–H groups in total. The standard InChI is InChI=1S/C15H26N2S/c1-9-8-18-15(16-10(9)2)17-11(3)14-7-12-4-5-13(14)6-12/h9-14H,4-8H2,1-3H3,(H,16,17). The number of nitrogens with zero attached hydrogens (tertiary/aromatic N) is 1. The second-order valence-electron chi connectivity index (χ2n) is 6.73. The Morgan fingerprint density at radius 3 is 2.72 bits per heavy atom. The molecule has 0 spiro atoms. The van der Waals surface area contributed by atoms with Crippen LogP contribution < -0.4 is 5.32 Å². The average Bonchev–Trinajstić information content (AvgIpc) is 2.96. The molecule has 2 nitrogen and oxygen atoms in total. The van der Waals surface area contributed by atoms with Crippen LogP contribution in [0.4, 0.5) is 0 Å². The topological polar surface area (TPSA) is 24.4 Å². The molecule has 6 unspecified atom stereocenters. The Hall–Kier alpha value is -0.180. The van der Waals surface area contributed by atoms with Gasteiger partial charge in [0.1, 0.15) is 0 Å². The van der Waals surface area contributed by atoms with E-state index in [1.54, 1.807) is 0 Å². The third kappa shape index (κ3) is 2.43. The quantitative estimate of drug-likeness (QED) is 0.827. The van der Waals surface area contributed by atoms with E-state index >= 15 is 0 Å². The zero-order chi connectivity index (χ0) is 12.7. The van der Waals surface area contributed by atoms with Gasteiger partial charge in [0.15, 0.2) is 5.17 Å². The highest BCUT2D eigenvalue weighted by atomic mass is 32.2. The van der Waals surface area contributed by atoms with Gasteiger partial charge in [0.2, 0.25) is 0 Å². The Kier molecular flexibility index (Phi) is 3.61. The number of aliphatic imine (C=N–C) groups is 1. The minimum absolute atomic E-state index is 0.487. The summed E-state index contributed by atoms with van der Waals surface area (Å²) in [6.45, 7) is 6.92. The molecule has 0 aromatic carbocycles. The predicted octanol–water partition coefficient (Wildman–Crippen LogP) is 3.53. The van der Waals surface area contributed by atoms with Crippen LogP contribution in [0.2, 0.25) is 0 Å². The summed E-state index contributed by atoms with van der Waals surface area (Å²) >= 11 is 1.92. The van der Waals surface area contributed by atoms with Crippen LogP contribution >= 0.6 is 11.8 Å². The molecule has 0 aromatic heterocycles. The van der Waals surface area contributed by atoms with E-state index in [1.807, 2.05) is 11.8 Å². The van der Waals surface area contributed by atoms with Crippen molar-refractivity contribution in [2.45, 2.75) is 58.5 Å². The van der Waals surface area contributed by atoms with Crippen LogP contribution in [0.1, 0.15) is 46.5 Å². The van der Waals surface area contributed by atoms with Gasteiger partial charge in [0.05, 0.1) is 6.04 Å². The Morgan fingerprint density at radius 1 is 1.28 bits per heavy atom. The Labute approximate surface area is 115 Å². The molecule has 2 aliphatic carbocycles. The summed E-state index contributed by atoms with van der Waals surface area (Å²) < 4.78 is 0. The van der Waals surface area contributed by atoms with Gasteiger partial charge < -0.3 is 5.32 Å². The van der Waals surface area contributed by atoms with Crippen molar-refractivity contribution in [2.24, 2.45) is 28.7 Å². The number of hydrogen-bond acceptors (Lipinski definition) is 3. The van der Waals surface area contributed by atoms with E-state index in [-0.39, 0.29) is 0 Å². The van der Waals surface area contributed by atoms with Gasteiger partial charge in [-0.2, -0.15) is 0 Å². The van der Waals surface area contributed by atoms with Crippen molar-refractivity contribution in [2.75, 3.05) is 5.75 Å². The number of rotatable bonds is 2. The molecule has 0 radical (unpaired) electrons. The van der Waals surface area contributed by atoms with Crippen molar-refractivity contribution in [3.63, 3.8) is 0 Å². The minimum atomic E-state index is 0.487. The Bertz CT molecular complexity index is 341. The fraction of sp³-hybridized carbons (Fsp3) is 0.933. The molecule has 102 valence electrons. The van der Waals surface area contributed by atoms with Crippen molar-refractivity contribution in [3.05, 3.63) is 0 Å². The summed E-state index contributed by atoms with van der Waals surface area (Å²) in [4.78, 5) is 4.81. The molecule has 1 aliphatic heterocycles. The first-order valence-electron chi connectivity index (χ1n) is 7.60. The van der Waals surface area contributed by atoms with Crippen LogP contribution in [0.25, 0.3) is 0 Å². The lowest BCUT2D eigenvalue weighted by atomic mass is 9.84. The van der Waals surface area contributed by atoms with Crippen LogP contribution in [-0.2, 0) is 0 Å². The largest absolute Gasteiger partial charge is 0.362 e. The van der Waals surface area contributed by atoms with Crippen LogP contribution in [-0.4, -0.2) is 23.0 Å². The van der Waals surface area contributed by atoms with Gasteiger partial charge in [-0.25, -0.2) is 0 Å². The molecule has 0 saturated heterocycles. The smallest absolute Gasteiger partial charge is 0.157 e. The zero-order valence-corrected chi connectivity index (χ0v) is 12.7. The highest BCUT2D eigenvalue weighted by Gasteiger charge is 2.42. The van der Waals surface area contributed by atoms with Crippen LogP contribution in [0, 0.1) is 23.7 Å². The maximum Gasteiger partial charge on any atom is 0.157 e. The molecule has 3 rings (SSSR count). The normalized spacial score (nSPS) is 44.8. The van der Waals surface area contributed by atoms with E-state index in [4.69, 9.17) is 4.99 Å². The second kappa shape index (κ2) is 5.07. The summed E-state index contributed by atoms with van der Waals surface area (Å²) in [6, 6.07) is 1.10. The first-order chi connectivity index (χ1) is 8.63. The minimum Gasteiger partial charge on any atom is -0.362 e. The molecule has 0 amide bonds. The van der Waals surface area contributed by atoms with Gasteiger partial charge in [0.25, 0.3) is 0 Å². The summed E-state index contributed by atoms with van der Waals surface area (Å²) in [7, 11) is 0. The Morgan fingerprint density at radius 2 is 2.11 bits per heavy atom. The third-order valence-corrected chi connectivity index (χ3v) is 6.60. The SMILES string of the molecule is CC1CSC(NC(C)C2CC3CCC2C3)=NC1C. The van der Waals surface area contributed by atoms with E-state index in [0.29, 0.717) is 12.1 Å². The molecule has 1 heterocycles. The van der Waals surface area contributed by atoms with E-state index in [2.05, 4.69) is 26.1 Å². The summed E-state index contributed by atoms with van der Waals surface area (Å²) in [5, 5.41) is 4.91. The number of hydrogen-bond donors (Lipinski definition) is 1. The van der Waals surface area contributed by atoms with E-state index < -0.39 is 0 Å². The number of thioether (sulfide) groups is 1. The van der Waals surface area contributed by atoms with Gasteiger partial charge in [-0.3, -0.25) is 4.99 Å². The number of amidine groups is 1. The highest BCUT2D eigenvalue weighted by molar-refractivity contribution is 8.13. The van der Waals surface area contributed by atoms with Crippen LogP contribution in [0.5, 0.6) is 0 Å². The van der Waals surface area contributed by atoms with Crippen molar-refractivity contribution in [3.8, 4) is 0 Å². The molecule has 2 bridgehead atoms. The molecule has 2 saturated carbocycles. The maximum atomic E-state index is 4.81. The molecule has 0 aromatic rings. The monoisotopic (exact) mass is 266 g/mol. The van der Waals surface area contributed by atoms with Crippen molar-refractivity contribution < 1.29 is 0 Å². The van der Waals surface area contributed by atoms with Gasteiger partial charge in [-0.15, -0.1) is 0 Å². The highest BCUT2D eigenvalue weighted by Crippen LogP contribution is 2.49. The van der Waals surface area contributed by atoms with Gasteiger partial charge in [-0.05, 0) is 56.8 Å². The first kappa shape index (κ1) is 12.8. The van der Waals surface area contributed by atoms with Crippen molar-refractivity contribution in [1.29, 1.82) is 0 Å². The zero-order valence-electron chi connectivity index (χ0n) is 11.9. The second-order valence-corrected chi connectivity index (χ2v) is 7.74. The first-order valence-corrected chi connectivity index (χ1v) is 8.59. The summed E-state index contributed by atoms with van der Waals surface area (Å²) in [5.74, 6) is 4.89. The number of nitrogens with one attached hydrogen (secondary N) is 1. The van der Waals surface area contributed by atoms with Crippen LogP contribution in [0.15, 0.2) is 4.99 Å². The molecule has 2 fully saturated rings. The summed E-state index contributed by atoms with van der Waals surface area (Å²) in [5.41, 5.74) is 0. The van der Waals surface area contributed by atoms with E-state index in [0.717, 1.165) is 23.7 Å². The molecule has 3 aliphatic rings. The van der Waals surface area contributed by atoms with Gasteiger partial charge in [-0.1, -0.05) is 25.1 Å². The van der Waals surface area contributed by atoms with Crippen LogP contribution in [0.3, 0.4) is 0 Å². The maximum absolute atomic E-state index is 4.81. The lowest BCUT2D eigenvalue weighted by Gasteiger charge is -2.31. The molecular weight excluding hydrogens is 240 g/mol. The Balaban J connectivity index is 1.58. The third-order valence-electron chi connectivity index (χ3n) is 5.41. The number of fused-ring (bicyclic) bond motifs is 2. The van der Waals surface area contributed by atoms with Gasteiger partial charge in [0, 0.05) is 11.8 Å². The lowest BCUT2D eigenvalue weighted by Crippen LogP contribution is -2.41. The summed E-state index contributed by atoms with van der Waals surface area (Å²) in [6.07, 6.45) is 5.94. The van der Waals surface area contributed by atoms with Gasteiger partial charge >= 0.3 is 0 Å². The fourth-order valence-corrected chi connectivity index (χ4v) is 5.20. The fourth-order valence-electron chi connectivity index (χ4n) is 3.99. The van der Waals surface area contributed by atoms with E-state index in [9.17, 15) is 0 Å². The van der Waals surface area contributed by atoms with Crippen molar-refractivity contribution >= 4 is 16.9 Å². The molecule has 3 heteroatoms. The predicted molar refractivity (Wildman–Crippen MR) is 80.1 cm³/mol. The molecule has 18 heavy (non-hydrogen) atoms.